The minimum atomic E-state index is -0.687. The number of nitrogens with one attached hydrogen (secondary N) is 1. The molecule has 25 heavy (non-hydrogen) atoms. The summed E-state index contributed by atoms with van der Waals surface area (Å²) in [5.41, 5.74) is 0.233. The number of thioether (sulfide) groups is 1. The van der Waals surface area contributed by atoms with Crippen molar-refractivity contribution in [2.75, 3.05) is 19.5 Å². The molecule has 0 unspecified atom stereocenters. The van der Waals surface area contributed by atoms with Crippen molar-refractivity contribution >= 4 is 40.9 Å². The van der Waals surface area contributed by atoms with Crippen LogP contribution in [0.1, 0.15) is 15.2 Å². The fourth-order valence-corrected chi connectivity index (χ4v) is 3.54. The van der Waals surface area contributed by atoms with Gasteiger partial charge < -0.3 is 9.47 Å². The van der Waals surface area contributed by atoms with Crippen LogP contribution in [0.15, 0.2) is 41.8 Å². The van der Waals surface area contributed by atoms with E-state index in [1.54, 1.807) is 29.5 Å². The monoisotopic (exact) mass is 379 g/mol. The molecular formula is C17H17NO5S2. The molecule has 1 heterocycles. The van der Waals surface area contributed by atoms with Gasteiger partial charge in [-0.1, -0.05) is 18.2 Å². The number of thiophene rings is 1. The van der Waals surface area contributed by atoms with Crippen LogP contribution in [0.5, 0.6) is 5.75 Å². The first-order valence-corrected chi connectivity index (χ1v) is 9.36. The van der Waals surface area contributed by atoms with Gasteiger partial charge in [0.2, 0.25) is 0 Å². The minimum absolute atomic E-state index is 0.144. The quantitative estimate of drug-likeness (QED) is 0.710. The molecule has 0 bridgehead atoms. The van der Waals surface area contributed by atoms with Crippen molar-refractivity contribution in [3.8, 4) is 5.75 Å². The molecule has 132 valence electrons. The van der Waals surface area contributed by atoms with Crippen molar-refractivity contribution in [2.24, 2.45) is 0 Å². The standard InChI is InChI=1S/C17H17NO5S2/c1-22-14-7-3-2-6-13(14)17(21)18-15(19)9-23-16(20)11-24-10-12-5-4-8-25-12/h2-8H,9-11H2,1H3,(H,18,19,21). The van der Waals surface area contributed by atoms with E-state index in [2.05, 4.69) is 5.32 Å². The summed E-state index contributed by atoms with van der Waals surface area (Å²) in [5.74, 6) is -0.578. The number of hydrogen-bond donors (Lipinski definition) is 1. The van der Waals surface area contributed by atoms with Gasteiger partial charge in [-0.3, -0.25) is 19.7 Å². The zero-order valence-electron chi connectivity index (χ0n) is 13.5. The van der Waals surface area contributed by atoms with Crippen LogP contribution in [0.25, 0.3) is 0 Å². The van der Waals surface area contributed by atoms with Crippen LogP contribution in [-0.2, 0) is 20.1 Å². The highest BCUT2D eigenvalue weighted by Crippen LogP contribution is 2.17. The number of imide groups is 1. The number of para-hydroxylation sites is 1. The first-order valence-electron chi connectivity index (χ1n) is 7.33. The Bertz CT molecular complexity index is 730. The Hall–Kier alpha value is -2.32. The Balaban J connectivity index is 1.70. The number of hydrogen-bond acceptors (Lipinski definition) is 7. The van der Waals surface area contributed by atoms with E-state index in [0.717, 1.165) is 4.88 Å². The number of benzene rings is 1. The molecule has 0 aliphatic carbocycles. The van der Waals surface area contributed by atoms with E-state index in [4.69, 9.17) is 9.47 Å². The molecule has 0 saturated heterocycles. The Morgan fingerprint density at radius 1 is 1.16 bits per heavy atom. The maximum Gasteiger partial charge on any atom is 0.316 e. The number of esters is 1. The lowest BCUT2D eigenvalue weighted by molar-refractivity contribution is -0.145. The molecule has 1 aromatic heterocycles. The van der Waals surface area contributed by atoms with E-state index >= 15 is 0 Å². The summed E-state index contributed by atoms with van der Waals surface area (Å²) in [7, 11) is 1.43. The van der Waals surface area contributed by atoms with Gasteiger partial charge in [0.1, 0.15) is 5.75 Å². The molecule has 2 amide bonds. The SMILES string of the molecule is COc1ccccc1C(=O)NC(=O)COC(=O)CSCc1cccs1. The molecule has 0 saturated carbocycles. The van der Waals surface area contributed by atoms with Crippen LogP contribution in [0.3, 0.4) is 0 Å². The molecule has 0 spiro atoms. The Kier molecular flexibility index (Phi) is 7.49. The summed E-state index contributed by atoms with van der Waals surface area (Å²) >= 11 is 3.02. The molecule has 2 aromatic rings. The predicted molar refractivity (Wildman–Crippen MR) is 96.9 cm³/mol. The van der Waals surface area contributed by atoms with Gasteiger partial charge in [0, 0.05) is 10.6 Å². The van der Waals surface area contributed by atoms with Gasteiger partial charge in [0.15, 0.2) is 6.61 Å². The molecule has 1 aromatic carbocycles. The van der Waals surface area contributed by atoms with Gasteiger partial charge in [-0.15, -0.1) is 23.1 Å². The summed E-state index contributed by atoms with van der Waals surface area (Å²) in [6, 6.07) is 10.5. The minimum Gasteiger partial charge on any atom is -0.496 e. The van der Waals surface area contributed by atoms with Gasteiger partial charge >= 0.3 is 5.97 Å². The number of carbonyl (C=O) groups is 3. The second-order valence-electron chi connectivity index (χ2n) is 4.81. The van der Waals surface area contributed by atoms with Crippen LogP contribution in [0, 0.1) is 0 Å². The van der Waals surface area contributed by atoms with Gasteiger partial charge in [0.25, 0.3) is 11.8 Å². The fraction of sp³-hybridized carbons (Fsp3) is 0.235. The summed E-state index contributed by atoms with van der Waals surface area (Å²) in [4.78, 5) is 36.5. The number of amides is 2. The third-order valence-electron chi connectivity index (χ3n) is 3.01. The van der Waals surface area contributed by atoms with Crippen molar-refractivity contribution in [1.29, 1.82) is 0 Å². The van der Waals surface area contributed by atoms with Gasteiger partial charge in [-0.2, -0.15) is 0 Å². The highest BCUT2D eigenvalue weighted by molar-refractivity contribution is 7.99. The molecule has 0 radical (unpaired) electrons. The molecule has 0 aliphatic rings. The largest absolute Gasteiger partial charge is 0.496 e. The third kappa shape index (κ3) is 6.24. The van der Waals surface area contributed by atoms with Crippen molar-refractivity contribution in [2.45, 2.75) is 5.75 Å². The molecule has 8 heteroatoms. The second kappa shape index (κ2) is 9.85. The van der Waals surface area contributed by atoms with Gasteiger partial charge in [-0.05, 0) is 23.6 Å². The van der Waals surface area contributed by atoms with E-state index in [9.17, 15) is 14.4 Å². The zero-order chi connectivity index (χ0) is 18.1. The average molecular weight is 379 g/mol. The van der Waals surface area contributed by atoms with Crippen LogP contribution >= 0.6 is 23.1 Å². The first-order chi connectivity index (χ1) is 12.1. The van der Waals surface area contributed by atoms with E-state index in [1.165, 1.54) is 24.9 Å². The van der Waals surface area contributed by atoms with Crippen molar-refractivity contribution in [1.82, 2.24) is 5.32 Å². The van der Waals surface area contributed by atoms with Crippen LogP contribution in [0.2, 0.25) is 0 Å². The Morgan fingerprint density at radius 3 is 2.68 bits per heavy atom. The van der Waals surface area contributed by atoms with E-state index in [1.807, 2.05) is 17.5 Å². The second-order valence-corrected chi connectivity index (χ2v) is 6.83. The fourth-order valence-electron chi connectivity index (χ4n) is 1.88. The topological polar surface area (TPSA) is 81.7 Å². The van der Waals surface area contributed by atoms with Crippen LogP contribution in [0.4, 0.5) is 0 Å². The predicted octanol–water partition coefficient (Wildman–Crippen LogP) is 2.49. The number of methoxy groups -OCH3 is 1. The lowest BCUT2D eigenvalue weighted by Gasteiger charge is -2.08. The smallest absolute Gasteiger partial charge is 0.316 e. The Labute approximate surface area is 153 Å². The molecule has 2 rings (SSSR count). The molecule has 0 aliphatic heterocycles. The molecule has 6 nitrogen and oxygen atoms in total. The van der Waals surface area contributed by atoms with E-state index < -0.39 is 24.4 Å². The summed E-state index contributed by atoms with van der Waals surface area (Å²) in [6.45, 7) is -0.501. The number of ether oxygens (including phenoxy) is 2. The maximum absolute atomic E-state index is 12.0. The first kappa shape index (κ1) is 19.0. The van der Waals surface area contributed by atoms with Crippen LogP contribution < -0.4 is 10.1 Å². The lowest BCUT2D eigenvalue weighted by atomic mass is 10.2. The van der Waals surface area contributed by atoms with Gasteiger partial charge in [-0.25, -0.2) is 0 Å². The van der Waals surface area contributed by atoms with E-state index in [0.29, 0.717) is 11.5 Å². The van der Waals surface area contributed by atoms with Crippen molar-refractivity contribution in [3.05, 3.63) is 52.2 Å². The number of rotatable bonds is 8. The van der Waals surface area contributed by atoms with Crippen molar-refractivity contribution in [3.63, 3.8) is 0 Å². The Morgan fingerprint density at radius 2 is 1.96 bits per heavy atom. The van der Waals surface area contributed by atoms with Crippen LogP contribution in [-0.4, -0.2) is 37.3 Å². The lowest BCUT2D eigenvalue weighted by Crippen LogP contribution is -2.34. The molecular weight excluding hydrogens is 362 g/mol. The third-order valence-corrected chi connectivity index (χ3v) is 5.03. The zero-order valence-corrected chi connectivity index (χ0v) is 15.2. The summed E-state index contributed by atoms with van der Waals surface area (Å²) in [6.07, 6.45) is 0. The maximum atomic E-state index is 12.0. The summed E-state index contributed by atoms with van der Waals surface area (Å²) in [5, 5.41) is 4.13. The van der Waals surface area contributed by atoms with Crippen molar-refractivity contribution < 1.29 is 23.9 Å². The highest BCUT2D eigenvalue weighted by atomic mass is 32.2. The van der Waals surface area contributed by atoms with Gasteiger partial charge in [0.05, 0.1) is 18.4 Å². The molecule has 0 atom stereocenters. The normalized spacial score (nSPS) is 10.1. The molecule has 1 N–H and O–H groups in total. The average Bonchev–Trinajstić information content (AvgIpc) is 3.13. The highest BCUT2D eigenvalue weighted by Gasteiger charge is 2.15. The summed E-state index contributed by atoms with van der Waals surface area (Å²) < 4.78 is 9.93. The van der Waals surface area contributed by atoms with E-state index in [-0.39, 0.29) is 11.3 Å². The molecule has 0 fully saturated rings. The number of carbonyl (C=O) groups excluding carboxylic acids is 3.